The van der Waals surface area contributed by atoms with Gasteiger partial charge in [0.1, 0.15) is 0 Å². The number of fused-ring (bicyclic) bond motifs is 1. The van der Waals surface area contributed by atoms with Crippen LogP contribution in [0.2, 0.25) is 5.02 Å². The molecule has 2 aromatic carbocycles. The highest BCUT2D eigenvalue weighted by molar-refractivity contribution is 7.91. The van der Waals surface area contributed by atoms with E-state index in [0.717, 1.165) is 17.7 Å². The van der Waals surface area contributed by atoms with E-state index in [-0.39, 0.29) is 11.7 Å². The standard InChI is InChI=1S/C21H18ClN3O3S/c22-18-3-1-2-15(12-18)14-29(27,28)24-19-5-4-16-8-11-25(20(16)13-19)21(26)17-6-9-23-10-7-17/h1-7,9-10,12-13,24H,8,11,14H2. The average Bonchev–Trinajstić information content (AvgIpc) is 3.10. The predicted molar refractivity (Wildman–Crippen MR) is 114 cm³/mol. The van der Waals surface area contributed by atoms with Crippen molar-refractivity contribution in [3.8, 4) is 0 Å². The minimum Gasteiger partial charge on any atom is -0.308 e. The maximum absolute atomic E-state index is 12.8. The smallest absolute Gasteiger partial charge is 0.258 e. The van der Waals surface area contributed by atoms with Gasteiger partial charge in [-0.1, -0.05) is 29.8 Å². The monoisotopic (exact) mass is 427 g/mol. The largest absolute Gasteiger partial charge is 0.308 e. The minimum absolute atomic E-state index is 0.134. The molecular formula is C21H18ClN3O3S. The van der Waals surface area contributed by atoms with E-state index in [2.05, 4.69) is 9.71 Å². The van der Waals surface area contributed by atoms with E-state index >= 15 is 0 Å². The molecular weight excluding hydrogens is 410 g/mol. The van der Waals surface area contributed by atoms with Crippen LogP contribution in [0.4, 0.5) is 11.4 Å². The molecule has 0 fully saturated rings. The van der Waals surface area contributed by atoms with Gasteiger partial charge in [0.05, 0.1) is 11.4 Å². The molecule has 0 atom stereocenters. The number of sulfonamides is 1. The van der Waals surface area contributed by atoms with Crippen molar-refractivity contribution in [2.45, 2.75) is 12.2 Å². The number of halogens is 1. The van der Waals surface area contributed by atoms with Gasteiger partial charge in [0.15, 0.2) is 0 Å². The molecule has 3 aromatic rings. The molecule has 1 aliphatic heterocycles. The molecule has 8 heteroatoms. The average molecular weight is 428 g/mol. The molecule has 0 radical (unpaired) electrons. The summed E-state index contributed by atoms with van der Waals surface area (Å²) in [6, 6.07) is 15.3. The lowest BCUT2D eigenvalue weighted by molar-refractivity contribution is 0.0989. The summed E-state index contributed by atoms with van der Waals surface area (Å²) in [4.78, 5) is 18.4. The first-order valence-corrected chi connectivity index (χ1v) is 11.0. The van der Waals surface area contributed by atoms with Gasteiger partial charge >= 0.3 is 0 Å². The molecule has 0 saturated carbocycles. The highest BCUT2D eigenvalue weighted by Gasteiger charge is 2.26. The molecule has 1 aliphatic rings. The summed E-state index contributed by atoms with van der Waals surface area (Å²) < 4.78 is 27.7. The molecule has 0 spiro atoms. The molecule has 0 bridgehead atoms. The topological polar surface area (TPSA) is 79.4 Å². The van der Waals surface area contributed by atoms with Crippen molar-refractivity contribution >= 4 is 38.9 Å². The minimum atomic E-state index is -3.63. The molecule has 148 valence electrons. The van der Waals surface area contributed by atoms with E-state index in [1.165, 1.54) is 0 Å². The third-order valence-corrected chi connectivity index (χ3v) is 6.17. The number of nitrogens with one attached hydrogen (secondary N) is 1. The fourth-order valence-corrected chi connectivity index (χ4v) is 4.76. The van der Waals surface area contributed by atoms with E-state index in [9.17, 15) is 13.2 Å². The van der Waals surface area contributed by atoms with Gasteiger partial charge in [-0.15, -0.1) is 0 Å². The molecule has 2 heterocycles. The zero-order valence-corrected chi connectivity index (χ0v) is 16.9. The maximum atomic E-state index is 12.8. The highest BCUT2D eigenvalue weighted by Crippen LogP contribution is 2.32. The number of benzene rings is 2. The van der Waals surface area contributed by atoms with Gasteiger partial charge in [-0.3, -0.25) is 14.5 Å². The summed E-state index contributed by atoms with van der Waals surface area (Å²) in [5.41, 5.74) is 3.28. The van der Waals surface area contributed by atoms with E-state index in [1.54, 1.807) is 65.8 Å². The number of carbonyl (C=O) groups excluding carboxylic acids is 1. The summed E-state index contributed by atoms with van der Waals surface area (Å²) in [5, 5.41) is 0.487. The van der Waals surface area contributed by atoms with Crippen LogP contribution in [0, 0.1) is 0 Å². The van der Waals surface area contributed by atoms with Crippen molar-refractivity contribution in [3.63, 3.8) is 0 Å². The Bertz CT molecular complexity index is 1170. The van der Waals surface area contributed by atoms with Gasteiger partial charge < -0.3 is 4.90 Å². The molecule has 0 unspecified atom stereocenters. The number of rotatable bonds is 5. The van der Waals surface area contributed by atoms with Crippen molar-refractivity contribution in [1.82, 2.24) is 4.98 Å². The maximum Gasteiger partial charge on any atom is 0.258 e. The molecule has 1 amide bonds. The normalized spacial score (nSPS) is 13.2. The number of anilines is 2. The number of amides is 1. The number of nitrogens with zero attached hydrogens (tertiary/aromatic N) is 2. The second-order valence-corrected chi connectivity index (χ2v) is 8.94. The van der Waals surface area contributed by atoms with Gasteiger partial charge in [0, 0.05) is 35.2 Å². The van der Waals surface area contributed by atoms with Gasteiger partial charge in [0.25, 0.3) is 5.91 Å². The summed E-state index contributed by atoms with van der Waals surface area (Å²) in [7, 11) is -3.63. The first-order chi connectivity index (χ1) is 13.9. The van der Waals surface area contributed by atoms with Crippen molar-refractivity contribution in [3.05, 3.63) is 88.7 Å². The quantitative estimate of drug-likeness (QED) is 0.670. The summed E-state index contributed by atoms with van der Waals surface area (Å²) in [6.45, 7) is 0.551. The predicted octanol–water partition coefficient (Wildman–Crippen LogP) is 3.88. The Labute approximate surface area is 174 Å². The molecule has 29 heavy (non-hydrogen) atoms. The number of aromatic nitrogens is 1. The van der Waals surface area contributed by atoms with Crippen LogP contribution in [-0.4, -0.2) is 25.9 Å². The lowest BCUT2D eigenvalue weighted by Gasteiger charge is -2.18. The van der Waals surface area contributed by atoms with E-state index in [0.29, 0.717) is 28.4 Å². The molecule has 4 rings (SSSR count). The van der Waals surface area contributed by atoms with Crippen LogP contribution >= 0.6 is 11.6 Å². The van der Waals surface area contributed by atoms with Crippen LogP contribution in [0.15, 0.2) is 67.0 Å². The van der Waals surface area contributed by atoms with Crippen molar-refractivity contribution < 1.29 is 13.2 Å². The van der Waals surface area contributed by atoms with Gasteiger partial charge in [-0.25, -0.2) is 8.42 Å². The summed E-state index contributed by atoms with van der Waals surface area (Å²) in [5.74, 6) is -0.324. The third-order valence-electron chi connectivity index (χ3n) is 4.67. The molecule has 6 nitrogen and oxygen atoms in total. The van der Waals surface area contributed by atoms with Crippen LogP contribution in [-0.2, 0) is 22.2 Å². The Morgan fingerprint density at radius 2 is 1.90 bits per heavy atom. The third kappa shape index (κ3) is 4.41. The van der Waals surface area contributed by atoms with E-state index in [4.69, 9.17) is 11.6 Å². The van der Waals surface area contributed by atoms with E-state index in [1.807, 2.05) is 6.07 Å². The van der Waals surface area contributed by atoms with Crippen molar-refractivity contribution in [1.29, 1.82) is 0 Å². The lowest BCUT2D eigenvalue weighted by Crippen LogP contribution is -2.29. The number of carbonyl (C=O) groups is 1. The Kier molecular flexibility index (Phi) is 5.25. The van der Waals surface area contributed by atoms with E-state index < -0.39 is 10.0 Å². The number of pyridine rings is 1. The summed E-state index contributed by atoms with van der Waals surface area (Å²) >= 11 is 5.94. The second kappa shape index (κ2) is 7.85. The molecule has 0 aliphatic carbocycles. The Balaban J connectivity index is 1.56. The molecule has 1 aromatic heterocycles. The Hall–Kier alpha value is -2.90. The molecule has 1 N–H and O–H groups in total. The van der Waals surface area contributed by atoms with Crippen LogP contribution in [0.25, 0.3) is 0 Å². The second-order valence-electron chi connectivity index (χ2n) is 6.78. The SMILES string of the molecule is O=C(c1ccncc1)N1CCc2ccc(NS(=O)(=O)Cc3cccc(Cl)c3)cc21. The van der Waals surface area contributed by atoms with Crippen LogP contribution in [0.3, 0.4) is 0 Å². The van der Waals surface area contributed by atoms with Crippen LogP contribution in [0.1, 0.15) is 21.5 Å². The van der Waals surface area contributed by atoms with Crippen LogP contribution < -0.4 is 9.62 Å². The summed E-state index contributed by atoms with van der Waals surface area (Å²) in [6.07, 6.45) is 3.87. The van der Waals surface area contributed by atoms with Crippen LogP contribution in [0.5, 0.6) is 0 Å². The van der Waals surface area contributed by atoms with Gasteiger partial charge in [-0.2, -0.15) is 0 Å². The first-order valence-electron chi connectivity index (χ1n) is 9.01. The Morgan fingerprint density at radius 1 is 1.10 bits per heavy atom. The van der Waals surface area contributed by atoms with Gasteiger partial charge in [-0.05, 0) is 53.9 Å². The molecule has 0 saturated heterocycles. The van der Waals surface area contributed by atoms with Crippen molar-refractivity contribution in [2.24, 2.45) is 0 Å². The Morgan fingerprint density at radius 3 is 2.66 bits per heavy atom. The lowest BCUT2D eigenvalue weighted by atomic mass is 10.1. The number of hydrogen-bond acceptors (Lipinski definition) is 4. The number of hydrogen-bond donors (Lipinski definition) is 1. The fraction of sp³-hybridized carbons (Fsp3) is 0.143. The first kappa shape index (κ1) is 19.4. The van der Waals surface area contributed by atoms with Gasteiger partial charge in [0.2, 0.25) is 10.0 Å². The zero-order chi connectivity index (χ0) is 20.4. The fourth-order valence-electron chi connectivity index (χ4n) is 3.37. The zero-order valence-electron chi connectivity index (χ0n) is 15.4. The van der Waals surface area contributed by atoms with Crippen molar-refractivity contribution in [2.75, 3.05) is 16.2 Å². The highest BCUT2D eigenvalue weighted by atomic mass is 35.5.